The lowest BCUT2D eigenvalue weighted by molar-refractivity contribution is 0.416. The summed E-state index contributed by atoms with van der Waals surface area (Å²) in [6, 6.07) is 12.1. The molecule has 1 saturated heterocycles. The summed E-state index contributed by atoms with van der Waals surface area (Å²) in [5.41, 5.74) is 5.78. The van der Waals surface area contributed by atoms with E-state index < -0.39 is 0 Å². The Labute approximate surface area is 180 Å². The fourth-order valence-corrected chi connectivity index (χ4v) is 3.86. The lowest BCUT2D eigenvalue weighted by Gasteiger charge is -2.29. The first-order valence-corrected chi connectivity index (χ1v) is 10.3. The smallest absolute Gasteiger partial charge is 0.227 e. The van der Waals surface area contributed by atoms with E-state index in [0.717, 1.165) is 65.6 Å². The van der Waals surface area contributed by atoms with Gasteiger partial charge in [-0.25, -0.2) is 19.8 Å². The van der Waals surface area contributed by atoms with Crippen molar-refractivity contribution in [3.8, 4) is 17.0 Å². The van der Waals surface area contributed by atoms with E-state index >= 15 is 0 Å². The van der Waals surface area contributed by atoms with Crippen LogP contribution in [0.5, 0.6) is 5.75 Å². The topological polar surface area (TPSA) is 81.7 Å². The molecule has 1 aliphatic heterocycles. The van der Waals surface area contributed by atoms with Crippen molar-refractivity contribution in [1.29, 1.82) is 0 Å². The van der Waals surface area contributed by atoms with Crippen molar-refractivity contribution in [2.45, 2.75) is 6.92 Å². The normalized spacial score (nSPS) is 14.1. The Morgan fingerprint density at radius 1 is 1.06 bits per heavy atom. The first kappa shape index (κ1) is 19.3. The molecule has 1 aromatic carbocycles. The Morgan fingerprint density at radius 2 is 1.94 bits per heavy atom. The average molecular weight is 414 g/mol. The summed E-state index contributed by atoms with van der Waals surface area (Å²) in [5.74, 6) is 1.26. The van der Waals surface area contributed by atoms with E-state index in [1.807, 2.05) is 60.4 Å². The van der Waals surface area contributed by atoms with Crippen LogP contribution >= 0.6 is 0 Å². The number of ether oxygens (including phenoxy) is 1. The van der Waals surface area contributed by atoms with Crippen molar-refractivity contribution in [3.63, 3.8) is 0 Å². The molecule has 0 spiro atoms. The summed E-state index contributed by atoms with van der Waals surface area (Å²) >= 11 is 0. The number of fused-ring (bicyclic) bond motifs is 1. The van der Waals surface area contributed by atoms with Gasteiger partial charge in [0.2, 0.25) is 5.95 Å². The zero-order chi connectivity index (χ0) is 21.2. The van der Waals surface area contributed by atoms with Crippen molar-refractivity contribution >= 4 is 22.8 Å². The summed E-state index contributed by atoms with van der Waals surface area (Å²) in [7, 11) is 1.68. The van der Waals surface area contributed by atoms with Gasteiger partial charge in [0.05, 0.1) is 30.2 Å². The van der Waals surface area contributed by atoms with Crippen LogP contribution in [0.3, 0.4) is 0 Å². The maximum atomic E-state index is 5.65. The van der Waals surface area contributed by atoms with Gasteiger partial charge in [0, 0.05) is 55.9 Å². The van der Waals surface area contributed by atoms with Crippen LogP contribution in [0.4, 0.5) is 17.3 Å². The average Bonchev–Trinajstić information content (AvgIpc) is 3.25. The number of piperazine rings is 1. The Kier molecular flexibility index (Phi) is 5.13. The van der Waals surface area contributed by atoms with Crippen LogP contribution in [-0.2, 0) is 0 Å². The van der Waals surface area contributed by atoms with E-state index in [0.29, 0.717) is 5.95 Å². The molecule has 0 atom stereocenters. The van der Waals surface area contributed by atoms with Crippen LogP contribution in [-0.4, -0.2) is 52.9 Å². The summed E-state index contributed by atoms with van der Waals surface area (Å²) < 4.78 is 7.50. The summed E-state index contributed by atoms with van der Waals surface area (Å²) in [5, 5.41) is 12.2. The molecule has 0 unspecified atom stereocenters. The summed E-state index contributed by atoms with van der Waals surface area (Å²) in [6.45, 7) is 5.60. The second-order valence-corrected chi connectivity index (χ2v) is 7.48. The SMILES string of the molecule is COc1cc(N2CC[N]CC2)ccc1Nc1ncc(C)c(-c2cnn3ccccc23)n1. The molecule has 5 rings (SSSR count). The molecule has 3 aromatic heterocycles. The highest BCUT2D eigenvalue weighted by atomic mass is 16.5. The molecule has 8 nitrogen and oxygen atoms in total. The predicted octanol–water partition coefficient (Wildman–Crippen LogP) is 3.28. The Bertz CT molecular complexity index is 1210. The van der Waals surface area contributed by atoms with Crippen LogP contribution in [0.2, 0.25) is 0 Å². The number of rotatable bonds is 5. The number of benzene rings is 1. The van der Waals surface area contributed by atoms with Crippen LogP contribution in [0.1, 0.15) is 5.56 Å². The third-order valence-electron chi connectivity index (χ3n) is 5.51. The highest BCUT2D eigenvalue weighted by Crippen LogP contribution is 2.32. The number of aryl methyl sites for hydroxylation is 1. The highest BCUT2D eigenvalue weighted by Gasteiger charge is 2.16. The highest BCUT2D eigenvalue weighted by molar-refractivity contribution is 5.80. The monoisotopic (exact) mass is 414 g/mol. The van der Waals surface area contributed by atoms with Crippen molar-refractivity contribution < 1.29 is 4.74 Å². The minimum Gasteiger partial charge on any atom is -0.494 e. The maximum Gasteiger partial charge on any atom is 0.227 e. The standard InChI is InChI=1S/C23H24N7O/c1-16-14-25-23(28-22(16)18-15-26-30-10-4-3-5-20(18)30)27-19-7-6-17(13-21(19)31-2)29-11-8-24-9-12-29/h3-7,10,13-15H,8-9,11-12H2,1-2H3,(H,25,27,28). The number of pyridine rings is 1. The molecule has 1 fully saturated rings. The number of aromatic nitrogens is 4. The number of anilines is 3. The van der Waals surface area contributed by atoms with Gasteiger partial charge in [0.15, 0.2) is 0 Å². The third-order valence-corrected chi connectivity index (χ3v) is 5.51. The molecule has 8 heteroatoms. The van der Waals surface area contributed by atoms with Gasteiger partial charge in [0.25, 0.3) is 0 Å². The van der Waals surface area contributed by atoms with Gasteiger partial charge < -0.3 is 15.0 Å². The van der Waals surface area contributed by atoms with E-state index in [9.17, 15) is 0 Å². The fourth-order valence-electron chi connectivity index (χ4n) is 3.86. The fraction of sp³-hybridized carbons (Fsp3) is 0.261. The number of hydrogen-bond acceptors (Lipinski definition) is 6. The zero-order valence-electron chi connectivity index (χ0n) is 17.6. The van der Waals surface area contributed by atoms with Gasteiger partial charge in [-0.05, 0) is 36.8 Å². The molecule has 4 aromatic rings. The predicted molar refractivity (Wildman–Crippen MR) is 121 cm³/mol. The second kappa shape index (κ2) is 8.23. The maximum absolute atomic E-state index is 5.65. The van der Waals surface area contributed by atoms with Gasteiger partial charge in [0.1, 0.15) is 5.75 Å². The molecule has 0 bridgehead atoms. The van der Waals surface area contributed by atoms with E-state index in [-0.39, 0.29) is 0 Å². The first-order chi connectivity index (χ1) is 15.2. The molecule has 1 N–H and O–H groups in total. The summed E-state index contributed by atoms with van der Waals surface area (Å²) in [6.07, 6.45) is 5.60. The van der Waals surface area contributed by atoms with Gasteiger partial charge in [-0.3, -0.25) is 0 Å². The lowest BCUT2D eigenvalue weighted by atomic mass is 10.1. The molecule has 4 heterocycles. The van der Waals surface area contributed by atoms with Crippen molar-refractivity contribution in [2.75, 3.05) is 43.5 Å². The van der Waals surface area contributed by atoms with Crippen molar-refractivity contribution in [2.24, 2.45) is 0 Å². The van der Waals surface area contributed by atoms with Gasteiger partial charge in [-0.2, -0.15) is 5.10 Å². The molecule has 1 radical (unpaired) electrons. The van der Waals surface area contributed by atoms with E-state index in [2.05, 4.69) is 31.7 Å². The van der Waals surface area contributed by atoms with Gasteiger partial charge >= 0.3 is 0 Å². The molecular weight excluding hydrogens is 390 g/mol. The quantitative estimate of drug-likeness (QED) is 0.540. The number of methoxy groups -OCH3 is 1. The molecule has 0 aliphatic carbocycles. The largest absolute Gasteiger partial charge is 0.494 e. The molecular formula is C23H24N7O. The van der Waals surface area contributed by atoms with Crippen LogP contribution < -0.4 is 20.3 Å². The number of nitrogens with one attached hydrogen (secondary N) is 1. The van der Waals surface area contributed by atoms with Crippen LogP contribution in [0.15, 0.2) is 55.0 Å². The van der Waals surface area contributed by atoms with Crippen molar-refractivity contribution in [1.82, 2.24) is 24.9 Å². The number of hydrogen-bond donors (Lipinski definition) is 1. The van der Waals surface area contributed by atoms with Crippen molar-refractivity contribution in [3.05, 3.63) is 60.6 Å². The second-order valence-electron chi connectivity index (χ2n) is 7.48. The van der Waals surface area contributed by atoms with Crippen LogP contribution in [0, 0.1) is 6.92 Å². The molecule has 31 heavy (non-hydrogen) atoms. The minimum atomic E-state index is 0.513. The van der Waals surface area contributed by atoms with E-state index in [4.69, 9.17) is 9.72 Å². The molecule has 0 saturated carbocycles. The molecule has 1 aliphatic rings. The van der Waals surface area contributed by atoms with Gasteiger partial charge in [-0.15, -0.1) is 0 Å². The lowest BCUT2D eigenvalue weighted by Crippen LogP contribution is -2.40. The Hall–Kier alpha value is -3.65. The zero-order valence-corrected chi connectivity index (χ0v) is 17.6. The van der Waals surface area contributed by atoms with E-state index in [1.165, 1.54) is 0 Å². The molecule has 157 valence electrons. The first-order valence-electron chi connectivity index (χ1n) is 10.3. The van der Waals surface area contributed by atoms with Gasteiger partial charge in [-0.1, -0.05) is 6.07 Å². The third kappa shape index (κ3) is 3.77. The molecule has 0 amide bonds. The Balaban J connectivity index is 1.46. The van der Waals surface area contributed by atoms with Crippen LogP contribution in [0.25, 0.3) is 16.8 Å². The number of nitrogens with zero attached hydrogens (tertiary/aromatic N) is 6. The van der Waals surface area contributed by atoms with E-state index in [1.54, 1.807) is 7.11 Å². The Morgan fingerprint density at radius 3 is 2.77 bits per heavy atom. The summed E-state index contributed by atoms with van der Waals surface area (Å²) in [4.78, 5) is 11.6. The minimum absolute atomic E-state index is 0.513.